The normalized spacial score (nSPS) is 36.4. The Bertz CT molecular complexity index is 167. The highest BCUT2D eigenvalue weighted by atomic mass is 28.2. The van der Waals surface area contributed by atoms with Crippen molar-refractivity contribution in [1.82, 2.24) is 0 Å². The highest BCUT2D eigenvalue weighted by molar-refractivity contribution is 5.98. The summed E-state index contributed by atoms with van der Waals surface area (Å²) in [4.78, 5) is 0. The molecule has 3 unspecified atom stereocenters. The molecule has 1 radical (unpaired) electrons. The summed E-state index contributed by atoms with van der Waals surface area (Å²) in [7, 11) is 1.63. The quantitative estimate of drug-likeness (QED) is 0.469. The Kier molecular flexibility index (Phi) is 3.53. The largest absolute Gasteiger partial charge is 0.422 e. The second-order valence-corrected chi connectivity index (χ2v) is 4.37. The Labute approximate surface area is 78.7 Å². The van der Waals surface area contributed by atoms with Gasteiger partial charge in [-0.3, -0.25) is 0 Å². The third kappa shape index (κ3) is 2.20. The van der Waals surface area contributed by atoms with E-state index in [0.717, 1.165) is 5.92 Å². The van der Waals surface area contributed by atoms with Gasteiger partial charge in [0.1, 0.15) is 0 Å². The van der Waals surface area contributed by atoms with Gasteiger partial charge < -0.3 is 4.43 Å². The number of allylic oxidation sites excluding steroid dienone is 1. The lowest BCUT2D eigenvalue weighted by molar-refractivity contribution is 0.0924. The molecule has 0 aromatic rings. The molecule has 12 heavy (non-hydrogen) atoms. The maximum Gasteiger partial charge on any atom is 0.175 e. The second kappa shape index (κ2) is 4.24. The molecule has 2 heteroatoms. The fraction of sp³-hybridized carbons (Fsp3) is 0.800. The van der Waals surface area contributed by atoms with Gasteiger partial charge >= 0.3 is 0 Å². The van der Waals surface area contributed by atoms with Gasteiger partial charge in [0.05, 0.1) is 0 Å². The van der Waals surface area contributed by atoms with Crippen LogP contribution in [0.2, 0.25) is 0 Å². The van der Waals surface area contributed by atoms with Crippen LogP contribution in [0.25, 0.3) is 0 Å². The van der Waals surface area contributed by atoms with Crippen LogP contribution in [0.4, 0.5) is 0 Å². The Balaban J connectivity index is 2.49. The SMILES string of the molecule is C=C(C)C1CCC(C)C(O[SiH2])C1. The molecule has 0 aromatic heterocycles. The fourth-order valence-corrected chi connectivity index (χ4v) is 2.43. The molecule has 1 aliphatic carbocycles. The molecule has 1 saturated carbocycles. The Morgan fingerprint density at radius 2 is 2.17 bits per heavy atom. The summed E-state index contributed by atoms with van der Waals surface area (Å²) in [5.41, 5.74) is 1.33. The summed E-state index contributed by atoms with van der Waals surface area (Å²) < 4.78 is 5.47. The minimum Gasteiger partial charge on any atom is -0.422 e. The maximum absolute atomic E-state index is 5.47. The molecular formula is C10H19OSi. The van der Waals surface area contributed by atoms with Gasteiger partial charge in [0.2, 0.25) is 0 Å². The standard InChI is InChI=1S/C10H19OSi/c1-7(2)9-5-4-8(3)10(6-9)11-12/h8-10H,1,4-6,12H2,2-3H3. The molecule has 1 nitrogen and oxygen atoms in total. The average molecular weight is 183 g/mol. The Hall–Kier alpha value is -0.0831. The van der Waals surface area contributed by atoms with Gasteiger partial charge in [-0.15, -0.1) is 0 Å². The van der Waals surface area contributed by atoms with Crippen molar-refractivity contribution in [3.63, 3.8) is 0 Å². The Morgan fingerprint density at radius 1 is 1.50 bits per heavy atom. The summed E-state index contributed by atoms with van der Waals surface area (Å²) in [6.07, 6.45) is 4.25. The van der Waals surface area contributed by atoms with Crippen LogP contribution < -0.4 is 0 Å². The van der Waals surface area contributed by atoms with E-state index in [0.29, 0.717) is 12.0 Å². The van der Waals surface area contributed by atoms with Crippen molar-refractivity contribution in [2.45, 2.75) is 39.2 Å². The van der Waals surface area contributed by atoms with E-state index in [-0.39, 0.29) is 0 Å². The van der Waals surface area contributed by atoms with Gasteiger partial charge in [-0.25, -0.2) is 0 Å². The van der Waals surface area contributed by atoms with E-state index in [1.54, 1.807) is 10.5 Å². The predicted molar refractivity (Wildman–Crippen MR) is 54.7 cm³/mol. The third-order valence-electron chi connectivity index (χ3n) is 3.03. The summed E-state index contributed by atoms with van der Waals surface area (Å²) >= 11 is 0. The first kappa shape index (κ1) is 10.0. The van der Waals surface area contributed by atoms with Crippen LogP contribution in [0, 0.1) is 11.8 Å². The zero-order valence-electron chi connectivity index (χ0n) is 8.18. The van der Waals surface area contributed by atoms with Crippen LogP contribution in [-0.2, 0) is 4.43 Å². The van der Waals surface area contributed by atoms with Crippen molar-refractivity contribution in [2.75, 3.05) is 0 Å². The minimum absolute atomic E-state index is 0.471. The summed E-state index contributed by atoms with van der Waals surface area (Å²) in [6.45, 7) is 8.44. The lowest BCUT2D eigenvalue weighted by Gasteiger charge is -2.33. The monoisotopic (exact) mass is 183 g/mol. The van der Waals surface area contributed by atoms with Crippen molar-refractivity contribution < 1.29 is 4.43 Å². The topological polar surface area (TPSA) is 9.23 Å². The van der Waals surface area contributed by atoms with Crippen LogP contribution in [0.3, 0.4) is 0 Å². The van der Waals surface area contributed by atoms with Crippen molar-refractivity contribution in [3.8, 4) is 0 Å². The van der Waals surface area contributed by atoms with Crippen LogP contribution >= 0.6 is 0 Å². The number of hydrogen-bond donors (Lipinski definition) is 0. The van der Waals surface area contributed by atoms with Crippen molar-refractivity contribution in [3.05, 3.63) is 12.2 Å². The van der Waals surface area contributed by atoms with E-state index >= 15 is 0 Å². The first-order chi connectivity index (χ1) is 5.65. The molecule has 1 fully saturated rings. The van der Waals surface area contributed by atoms with Crippen LogP contribution in [0.15, 0.2) is 12.2 Å². The molecule has 0 bridgehead atoms. The summed E-state index contributed by atoms with van der Waals surface area (Å²) in [6, 6.07) is 0. The smallest absolute Gasteiger partial charge is 0.175 e. The maximum atomic E-state index is 5.47. The van der Waals surface area contributed by atoms with E-state index in [2.05, 4.69) is 20.4 Å². The van der Waals surface area contributed by atoms with Gasteiger partial charge in [-0.05, 0) is 38.0 Å². The average Bonchev–Trinajstić information content (AvgIpc) is 2.05. The van der Waals surface area contributed by atoms with Gasteiger partial charge in [-0.1, -0.05) is 19.1 Å². The first-order valence-electron chi connectivity index (χ1n) is 4.71. The number of hydrogen-bond acceptors (Lipinski definition) is 1. The van der Waals surface area contributed by atoms with Gasteiger partial charge in [0.25, 0.3) is 0 Å². The molecule has 0 N–H and O–H groups in total. The van der Waals surface area contributed by atoms with E-state index in [1.807, 2.05) is 0 Å². The Morgan fingerprint density at radius 3 is 2.67 bits per heavy atom. The van der Waals surface area contributed by atoms with E-state index in [1.165, 1.54) is 24.8 Å². The highest BCUT2D eigenvalue weighted by Crippen LogP contribution is 2.33. The van der Waals surface area contributed by atoms with Crippen molar-refractivity contribution in [2.24, 2.45) is 11.8 Å². The lowest BCUT2D eigenvalue weighted by atomic mass is 9.78. The molecule has 1 aliphatic rings. The first-order valence-corrected chi connectivity index (χ1v) is 5.29. The summed E-state index contributed by atoms with van der Waals surface area (Å²) in [5, 5.41) is 0. The lowest BCUT2D eigenvalue weighted by Crippen LogP contribution is -2.29. The zero-order valence-corrected chi connectivity index (χ0v) is 9.59. The van der Waals surface area contributed by atoms with Crippen LogP contribution in [0.1, 0.15) is 33.1 Å². The van der Waals surface area contributed by atoms with Crippen molar-refractivity contribution >= 4 is 10.5 Å². The van der Waals surface area contributed by atoms with E-state index < -0.39 is 0 Å². The summed E-state index contributed by atoms with van der Waals surface area (Å²) in [5.74, 6) is 1.44. The minimum atomic E-state index is 0.471. The molecule has 0 aromatic carbocycles. The zero-order chi connectivity index (χ0) is 9.14. The molecule has 69 valence electrons. The predicted octanol–water partition coefficient (Wildman–Crippen LogP) is 1.93. The third-order valence-corrected chi connectivity index (χ3v) is 3.46. The molecule has 1 rings (SSSR count). The van der Waals surface area contributed by atoms with Crippen LogP contribution in [0.5, 0.6) is 0 Å². The van der Waals surface area contributed by atoms with E-state index in [4.69, 9.17) is 4.43 Å². The van der Waals surface area contributed by atoms with Gasteiger partial charge in [0.15, 0.2) is 10.5 Å². The van der Waals surface area contributed by atoms with Gasteiger partial charge in [0, 0.05) is 6.10 Å². The fourth-order valence-electron chi connectivity index (χ4n) is 1.96. The molecule has 0 heterocycles. The van der Waals surface area contributed by atoms with Crippen LogP contribution in [-0.4, -0.2) is 16.6 Å². The van der Waals surface area contributed by atoms with E-state index in [9.17, 15) is 0 Å². The number of rotatable bonds is 2. The van der Waals surface area contributed by atoms with Gasteiger partial charge in [-0.2, -0.15) is 0 Å². The molecule has 0 aliphatic heterocycles. The van der Waals surface area contributed by atoms with Crippen molar-refractivity contribution in [1.29, 1.82) is 0 Å². The molecule has 0 saturated heterocycles. The second-order valence-electron chi connectivity index (χ2n) is 4.04. The highest BCUT2D eigenvalue weighted by Gasteiger charge is 2.27. The molecule has 0 amide bonds. The molecular weight excluding hydrogens is 164 g/mol. The molecule has 0 spiro atoms. The molecule has 3 atom stereocenters.